The van der Waals surface area contributed by atoms with E-state index < -0.39 is 0 Å². The van der Waals surface area contributed by atoms with Gasteiger partial charge in [0, 0.05) is 31.4 Å². The monoisotopic (exact) mass is 348 g/mol. The minimum atomic E-state index is -0.0795. The van der Waals surface area contributed by atoms with Gasteiger partial charge in [-0.25, -0.2) is 9.98 Å². The van der Waals surface area contributed by atoms with Gasteiger partial charge in [-0.2, -0.15) is 0 Å². The second-order valence-corrected chi connectivity index (χ2v) is 5.86. The van der Waals surface area contributed by atoms with Crippen LogP contribution in [0.2, 0.25) is 0 Å². The summed E-state index contributed by atoms with van der Waals surface area (Å²) in [5.41, 5.74) is 0.946. The number of hydrogen-bond donors (Lipinski definition) is 1. The lowest BCUT2D eigenvalue weighted by Crippen LogP contribution is -2.46. The van der Waals surface area contributed by atoms with Crippen molar-refractivity contribution in [2.45, 2.75) is 33.2 Å². The number of aromatic nitrogens is 1. The first-order chi connectivity index (χ1) is 12.2. The van der Waals surface area contributed by atoms with E-state index in [1.54, 1.807) is 13.3 Å². The van der Waals surface area contributed by atoms with Crippen molar-refractivity contribution in [3.8, 4) is 5.88 Å². The number of rotatable bonds is 6. The maximum absolute atomic E-state index is 11.9. The molecule has 0 spiro atoms. The molecule has 1 saturated heterocycles. The molecule has 2 rings (SSSR count). The summed E-state index contributed by atoms with van der Waals surface area (Å²) < 4.78 is 10.4. The molecule has 1 fully saturated rings. The molecule has 1 aromatic heterocycles. The molecule has 1 aliphatic rings. The minimum Gasteiger partial charge on any atom is -0.481 e. The van der Waals surface area contributed by atoms with Crippen molar-refractivity contribution in [2.75, 3.05) is 33.4 Å². The summed E-state index contributed by atoms with van der Waals surface area (Å²) in [5.74, 6) is 1.38. The lowest BCUT2D eigenvalue weighted by atomic mass is 9.97. The van der Waals surface area contributed by atoms with Gasteiger partial charge >= 0.3 is 5.97 Å². The van der Waals surface area contributed by atoms with Gasteiger partial charge in [0.2, 0.25) is 5.88 Å². The largest absolute Gasteiger partial charge is 0.481 e. The fourth-order valence-electron chi connectivity index (χ4n) is 2.90. The van der Waals surface area contributed by atoms with Gasteiger partial charge in [-0.3, -0.25) is 4.79 Å². The number of hydrogen-bond acceptors (Lipinski definition) is 5. The van der Waals surface area contributed by atoms with E-state index in [9.17, 15) is 4.79 Å². The van der Waals surface area contributed by atoms with Crippen LogP contribution in [-0.4, -0.2) is 55.2 Å². The number of piperidine rings is 1. The number of pyridine rings is 1. The Balaban J connectivity index is 2.00. The molecular formula is C18H28N4O3. The highest BCUT2D eigenvalue weighted by Crippen LogP contribution is 2.19. The highest BCUT2D eigenvalue weighted by atomic mass is 16.5. The van der Waals surface area contributed by atoms with Crippen LogP contribution in [0, 0.1) is 5.92 Å². The first-order valence-corrected chi connectivity index (χ1v) is 8.87. The molecule has 1 aromatic rings. The highest BCUT2D eigenvalue weighted by Gasteiger charge is 2.27. The second-order valence-electron chi connectivity index (χ2n) is 5.86. The SMILES string of the molecule is CCNC(=NCc1cccnc1OC)N1CCC(C(=O)OCC)CC1. The Bertz CT molecular complexity index is 583. The molecule has 2 heterocycles. The normalized spacial score (nSPS) is 15.8. The van der Waals surface area contributed by atoms with Gasteiger partial charge in [0.1, 0.15) is 0 Å². The molecule has 0 radical (unpaired) electrons. The van der Waals surface area contributed by atoms with Crippen molar-refractivity contribution in [1.82, 2.24) is 15.2 Å². The molecule has 0 aliphatic carbocycles. The summed E-state index contributed by atoms with van der Waals surface area (Å²) in [6, 6.07) is 3.84. The number of nitrogens with zero attached hydrogens (tertiary/aromatic N) is 3. The molecular weight excluding hydrogens is 320 g/mol. The van der Waals surface area contributed by atoms with Crippen LogP contribution < -0.4 is 10.1 Å². The second kappa shape index (κ2) is 9.86. The fraction of sp³-hybridized carbons (Fsp3) is 0.611. The molecule has 0 aromatic carbocycles. The van der Waals surface area contributed by atoms with Gasteiger partial charge < -0.3 is 19.7 Å². The van der Waals surface area contributed by atoms with Gasteiger partial charge in [0.05, 0.1) is 26.2 Å². The van der Waals surface area contributed by atoms with Gasteiger partial charge in [0.25, 0.3) is 0 Å². The van der Waals surface area contributed by atoms with E-state index in [0.29, 0.717) is 19.0 Å². The van der Waals surface area contributed by atoms with Crippen molar-refractivity contribution in [2.24, 2.45) is 10.9 Å². The van der Waals surface area contributed by atoms with Crippen LogP contribution in [0.5, 0.6) is 5.88 Å². The summed E-state index contributed by atoms with van der Waals surface area (Å²) in [7, 11) is 1.61. The van der Waals surface area contributed by atoms with Crippen LogP contribution in [0.3, 0.4) is 0 Å². The van der Waals surface area contributed by atoms with Crippen LogP contribution in [0.4, 0.5) is 0 Å². The maximum Gasteiger partial charge on any atom is 0.309 e. The maximum atomic E-state index is 11.9. The molecule has 0 atom stereocenters. The zero-order chi connectivity index (χ0) is 18.1. The van der Waals surface area contributed by atoms with Crippen LogP contribution >= 0.6 is 0 Å². The Morgan fingerprint density at radius 1 is 1.40 bits per heavy atom. The molecule has 7 nitrogen and oxygen atoms in total. The molecule has 0 unspecified atom stereocenters. The van der Waals surface area contributed by atoms with Crippen molar-refractivity contribution >= 4 is 11.9 Å². The summed E-state index contributed by atoms with van der Waals surface area (Å²) >= 11 is 0. The predicted octanol–water partition coefficient (Wildman–Crippen LogP) is 1.83. The fourth-order valence-corrected chi connectivity index (χ4v) is 2.90. The first kappa shape index (κ1) is 19.0. The van der Waals surface area contributed by atoms with E-state index >= 15 is 0 Å². The number of methoxy groups -OCH3 is 1. The molecule has 0 bridgehead atoms. The van der Waals surface area contributed by atoms with Crippen LogP contribution in [0.1, 0.15) is 32.3 Å². The lowest BCUT2D eigenvalue weighted by Gasteiger charge is -2.33. The summed E-state index contributed by atoms with van der Waals surface area (Å²) in [4.78, 5) is 23.0. The molecule has 0 saturated carbocycles. The quantitative estimate of drug-likeness (QED) is 0.480. The summed E-state index contributed by atoms with van der Waals surface area (Å²) in [5, 5.41) is 3.33. The molecule has 7 heteroatoms. The average molecular weight is 348 g/mol. The Hall–Kier alpha value is -2.31. The van der Waals surface area contributed by atoms with Gasteiger partial charge in [-0.15, -0.1) is 0 Å². The van der Waals surface area contributed by atoms with E-state index in [-0.39, 0.29) is 11.9 Å². The molecule has 1 N–H and O–H groups in total. The Kier molecular flexibility index (Phi) is 7.50. The third-order valence-corrected chi connectivity index (χ3v) is 4.19. The Morgan fingerprint density at radius 2 is 2.16 bits per heavy atom. The Morgan fingerprint density at radius 3 is 2.80 bits per heavy atom. The van der Waals surface area contributed by atoms with Crippen LogP contribution in [0.15, 0.2) is 23.3 Å². The number of guanidine groups is 1. The number of carbonyl (C=O) groups excluding carboxylic acids is 1. The number of nitrogens with one attached hydrogen (secondary N) is 1. The van der Waals surface area contributed by atoms with Crippen LogP contribution in [-0.2, 0) is 16.1 Å². The van der Waals surface area contributed by atoms with E-state index in [0.717, 1.165) is 44.0 Å². The smallest absolute Gasteiger partial charge is 0.309 e. The van der Waals surface area contributed by atoms with Crippen LogP contribution in [0.25, 0.3) is 0 Å². The molecule has 0 amide bonds. The summed E-state index contributed by atoms with van der Waals surface area (Å²) in [6.07, 6.45) is 3.29. The zero-order valence-electron chi connectivity index (χ0n) is 15.3. The number of carbonyl (C=O) groups is 1. The van der Waals surface area contributed by atoms with Crippen molar-refractivity contribution < 1.29 is 14.3 Å². The Labute approximate surface area is 149 Å². The summed E-state index contributed by atoms with van der Waals surface area (Å²) in [6.45, 7) is 7.20. The average Bonchev–Trinajstić information content (AvgIpc) is 2.65. The molecule has 1 aliphatic heterocycles. The third kappa shape index (κ3) is 5.34. The van der Waals surface area contributed by atoms with Crippen molar-refractivity contribution in [3.63, 3.8) is 0 Å². The first-order valence-electron chi connectivity index (χ1n) is 8.87. The van der Waals surface area contributed by atoms with Crippen molar-refractivity contribution in [1.29, 1.82) is 0 Å². The van der Waals surface area contributed by atoms with E-state index in [2.05, 4.69) is 15.2 Å². The number of ether oxygens (including phenoxy) is 2. The van der Waals surface area contributed by atoms with E-state index in [1.165, 1.54) is 0 Å². The van der Waals surface area contributed by atoms with Gasteiger partial charge in [-0.1, -0.05) is 6.07 Å². The minimum absolute atomic E-state index is 0.00232. The number of likely N-dealkylation sites (tertiary alicyclic amines) is 1. The third-order valence-electron chi connectivity index (χ3n) is 4.19. The standard InChI is InChI=1S/C18H28N4O3/c1-4-19-18(21-13-15-7-6-10-20-16(15)24-3)22-11-8-14(9-12-22)17(23)25-5-2/h6-7,10,14H,4-5,8-9,11-13H2,1-3H3,(H,19,21). The van der Waals surface area contributed by atoms with E-state index in [4.69, 9.17) is 14.5 Å². The number of esters is 1. The topological polar surface area (TPSA) is 76.1 Å². The highest BCUT2D eigenvalue weighted by molar-refractivity contribution is 5.80. The van der Waals surface area contributed by atoms with Crippen molar-refractivity contribution in [3.05, 3.63) is 23.9 Å². The molecule has 138 valence electrons. The number of aliphatic imine (C=N–C) groups is 1. The van der Waals surface area contributed by atoms with Gasteiger partial charge in [-0.05, 0) is 32.8 Å². The van der Waals surface area contributed by atoms with E-state index in [1.807, 2.05) is 26.0 Å². The zero-order valence-corrected chi connectivity index (χ0v) is 15.3. The predicted molar refractivity (Wildman–Crippen MR) is 96.5 cm³/mol. The van der Waals surface area contributed by atoms with Gasteiger partial charge in [0.15, 0.2) is 5.96 Å². The lowest BCUT2D eigenvalue weighted by molar-refractivity contribution is -0.149. The molecule has 25 heavy (non-hydrogen) atoms.